The minimum absolute atomic E-state index is 0.234. The Balaban J connectivity index is 1.85. The van der Waals surface area contributed by atoms with Crippen LogP contribution in [0.4, 0.5) is 0 Å². The molecular formula is C14H19N3S. The van der Waals surface area contributed by atoms with Crippen molar-refractivity contribution in [2.75, 3.05) is 0 Å². The summed E-state index contributed by atoms with van der Waals surface area (Å²) >= 11 is 1.82. The molecule has 0 aliphatic heterocycles. The fourth-order valence-corrected chi connectivity index (χ4v) is 3.53. The Kier molecular flexibility index (Phi) is 3.22. The van der Waals surface area contributed by atoms with Gasteiger partial charge in [-0.1, -0.05) is 6.92 Å². The van der Waals surface area contributed by atoms with Gasteiger partial charge in [-0.05, 0) is 37.3 Å². The second kappa shape index (κ2) is 4.86. The Morgan fingerprint density at radius 3 is 3.22 bits per heavy atom. The largest absolute Gasteiger partial charge is 0.344 e. The molecule has 3 nitrogen and oxygen atoms in total. The minimum Gasteiger partial charge on any atom is -0.344 e. The molecule has 2 heterocycles. The molecule has 4 heteroatoms. The second-order valence-electron chi connectivity index (χ2n) is 4.92. The van der Waals surface area contributed by atoms with Crippen molar-refractivity contribution in [1.29, 1.82) is 0 Å². The number of hydrogen-bond acceptors (Lipinski definition) is 3. The molecule has 0 spiro atoms. The van der Waals surface area contributed by atoms with Gasteiger partial charge in [-0.3, -0.25) is 0 Å². The van der Waals surface area contributed by atoms with E-state index >= 15 is 0 Å². The van der Waals surface area contributed by atoms with Crippen molar-refractivity contribution in [3.8, 4) is 0 Å². The maximum atomic E-state index is 6.15. The van der Waals surface area contributed by atoms with Gasteiger partial charge >= 0.3 is 0 Å². The molecule has 96 valence electrons. The Labute approximate surface area is 112 Å². The number of aromatic nitrogens is 2. The zero-order chi connectivity index (χ0) is 12.5. The molecule has 0 saturated heterocycles. The molecule has 1 unspecified atom stereocenters. The standard InChI is InChI=1S/C14H19N3S/c1-2-10-8-16-14(18-10)9-17-7-6-11-12(15)4-3-5-13(11)17/h6-8,12H,2-5,9,15H2,1H3. The van der Waals surface area contributed by atoms with E-state index in [4.69, 9.17) is 5.73 Å². The summed E-state index contributed by atoms with van der Waals surface area (Å²) in [5.74, 6) is 0. The predicted molar refractivity (Wildman–Crippen MR) is 74.9 cm³/mol. The van der Waals surface area contributed by atoms with Crippen molar-refractivity contribution in [3.05, 3.63) is 39.6 Å². The smallest absolute Gasteiger partial charge is 0.113 e. The predicted octanol–water partition coefficient (Wildman–Crippen LogP) is 2.89. The molecule has 1 aliphatic carbocycles. The lowest BCUT2D eigenvalue weighted by Gasteiger charge is -2.20. The van der Waals surface area contributed by atoms with Gasteiger partial charge in [0.1, 0.15) is 5.01 Å². The zero-order valence-electron chi connectivity index (χ0n) is 10.7. The first-order valence-corrected chi connectivity index (χ1v) is 7.46. The lowest BCUT2D eigenvalue weighted by Crippen LogP contribution is -2.18. The van der Waals surface area contributed by atoms with Crippen LogP contribution in [-0.2, 0) is 19.4 Å². The monoisotopic (exact) mass is 261 g/mol. The van der Waals surface area contributed by atoms with Crippen LogP contribution in [0.1, 0.15) is 46.9 Å². The summed E-state index contributed by atoms with van der Waals surface area (Å²) < 4.78 is 2.33. The van der Waals surface area contributed by atoms with E-state index in [0.29, 0.717) is 0 Å². The molecule has 0 aromatic carbocycles. The van der Waals surface area contributed by atoms with Crippen LogP contribution in [0.2, 0.25) is 0 Å². The van der Waals surface area contributed by atoms with Crippen LogP contribution in [0.25, 0.3) is 0 Å². The number of fused-ring (bicyclic) bond motifs is 1. The zero-order valence-corrected chi connectivity index (χ0v) is 11.5. The molecule has 1 atom stereocenters. The van der Waals surface area contributed by atoms with E-state index < -0.39 is 0 Å². The van der Waals surface area contributed by atoms with Crippen LogP contribution >= 0.6 is 11.3 Å². The van der Waals surface area contributed by atoms with Crippen LogP contribution in [0.5, 0.6) is 0 Å². The van der Waals surface area contributed by atoms with Crippen LogP contribution < -0.4 is 5.73 Å². The SMILES string of the molecule is CCc1cnc(Cn2ccc3c2CCCC3N)s1. The number of nitrogens with two attached hydrogens (primary N) is 1. The highest BCUT2D eigenvalue weighted by molar-refractivity contribution is 7.11. The quantitative estimate of drug-likeness (QED) is 0.923. The molecule has 2 aromatic rings. The molecule has 0 amide bonds. The summed E-state index contributed by atoms with van der Waals surface area (Å²) in [6.07, 6.45) is 8.73. The van der Waals surface area contributed by atoms with Gasteiger partial charge in [0, 0.05) is 29.0 Å². The first kappa shape index (κ1) is 11.9. The third-order valence-electron chi connectivity index (χ3n) is 3.70. The van der Waals surface area contributed by atoms with Gasteiger partial charge in [-0.25, -0.2) is 4.98 Å². The molecule has 0 bridgehead atoms. The second-order valence-corrected chi connectivity index (χ2v) is 6.12. The van der Waals surface area contributed by atoms with Crippen LogP contribution in [0.15, 0.2) is 18.5 Å². The fourth-order valence-electron chi connectivity index (χ4n) is 2.67. The molecular weight excluding hydrogens is 242 g/mol. The van der Waals surface area contributed by atoms with Crippen molar-refractivity contribution in [3.63, 3.8) is 0 Å². The van der Waals surface area contributed by atoms with Gasteiger partial charge in [-0.2, -0.15) is 0 Å². The van der Waals surface area contributed by atoms with Crippen molar-refractivity contribution < 1.29 is 0 Å². The Morgan fingerprint density at radius 2 is 2.44 bits per heavy atom. The Hall–Kier alpha value is -1.13. The van der Waals surface area contributed by atoms with Crippen molar-refractivity contribution in [2.45, 2.75) is 45.2 Å². The van der Waals surface area contributed by atoms with Crippen molar-refractivity contribution in [1.82, 2.24) is 9.55 Å². The van der Waals surface area contributed by atoms with E-state index in [2.05, 4.69) is 28.7 Å². The molecule has 2 aromatic heterocycles. The third kappa shape index (κ3) is 2.10. The summed E-state index contributed by atoms with van der Waals surface area (Å²) in [5.41, 5.74) is 8.91. The average molecular weight is 261 g/mol. The topological polar surface area (TPSA) is 43.8 Å². The minimum atomic E-state index is 0.234. The summed E-state index contributed by atoms with van der Waals surface area (Å²) in [7, 11) is 0. The molecule has 18 heavy (non-hydrogen) atoms. The average Bonchev–Trinajstić information content (AvgIpc) is 2.98. The van der Waals surface area contributed by atoms with Gasteiger partial charge in [0.2, 0.25) is 0 Å². The van der Waals surface area contributed by atoms with Gasteiger partial charge in [0.25, 0.3) is 0 Å². The van der Waals surface area contributed by atoms with Crippen molar-refractivity contribution >= 4 is 11.3 Å². The molecule has 3 rings (SSSR count). The molecule has 2 N–H and O–H groups in total. The van der Waals surface area contributed by atoms with E-state index in [-0.39, 0.29) is 6.04 Å². The highest BCUT2D eigenvalue weighted by atomic mass is 32.1. The number of aryl methyl sites for hydroxylation is 1. The first-order chi connectivity index (χ1) is 8.78. The molecule has 0 fully saturated rings. The van der Waals surface area contributed by atoms with Crippen LogP contribution in [-0.4, -0.2) is 9.55 Å². The summed E-state index contributed by atoms with van der Waals surface area (Å²) in [6, 6.07) is 2.42. The maximum absolute atomic E-state index is 6.15. The first-order valence-electron chi connectivity index (χ1n) is 6.65. The molecule has 0 radical (unpaired) electrons. The van der Waals surface area contributed by atoms with E-state index in [0.717, 1.165) is 25.8 Å². The van der Waals surface area contributed by atoms with Gasteiger partial charge in [-0.15, -0.1) is 11.3 Å². The number of hydrogen-bond donors (Lipinski definition) is 1. The van der Waals surface area contributed by atoms with E-state index in [1.54, 1.807) is 0 Å². The van der Waals surface area contributed by atoms with E-state index in [1.807, 2.05) is 17.5 Å². The molecule has 1 aliphatic rings. The number of nitrogens with zero attached hydrogens (tertiary/aromatic N) is 2. The summed E-state index contributed by atoms with van der Waals surface area (Å²) in [5, 5.41) is 1.20. The normalized spacial score (nSPS) is 18.9. The fraction of sp³-hybridized carbons (Fsp3) is 0.500. The number of thiazole rings is 1. The van der Waals surface area contributed by atoms with Gasteiger partial charge in [0.05, 0.1) is 6.54 Å². The lowest BCUT2D eigenvalue weighted by atomic mass is 9.94. The Morgan fingerprint density at radius 1 is 1.56 bits per heavy atom. The van der Waals surface area contributed by atoms with Gasteiger partial charge < -0.3 is 10.3 Å². The van der Waals surface area contributed by atoms with Gasteiger partial charge in [0.15, 0.2) is 0 Å². The number of rotatable bonds is 3. The van der Waals surface area contributed by atoms with Crippen molar-refractivity contribution in [2.24, 2.45) is 5.73 Å². The summed E-state index contributed by atoms with van der Waals surface area (Å²) in [4.78, 5) is 5.86. The van der Waals surface area contributed by atoms with Crippen LogP contribution in [0, 0.1) is 0 Å². The van der Waals surface area contributed by atoms with Crippen LogP contribution in [0.3, 0.4) is 0 Å². The molecule has 0 saturated carbocycles. The Bertz CT molecular complexity index is 541. The van der Waals surface area contributed by atoms with E-state index in [1.165, 1.54) is 27.6 Å². The maximum Gasteiger partial charge on any atom is 0.113 e. The third-order valence-corrected chi connectivity index (χ3v) is 4.82. The summed E-state index contributed by atoms with van der Waals surface area (Å²) in [6.45, 7) is 3.07. The lowest BCUT2D eigenvalue weighted by molar-refractivity contribution is 0.547. The highest BCUT2D eigenvalue weighted by Crippen LogP contribution is 2.29. The van der Waals surface area contributed by atoms with E-state index in [9.17, 15) is 0 Å². The highest BCUT2D eigenvalue weighted by Gasteiger charge is 2.20.